The van der Waals surface area contributed by atoms with Crippen molar-refractivity contribution >= 4 is 11.7 Å². The number of amides is 2. The number of anilines is 1. The van der Waals surface area contributed by atoms with E-state index in [2.05, 4.69) is 10.6 Å². The molecule has 4 heteroatoms. The molecule has 0 aliphatic heterocycles. The molecule has 0 saturated heterocycles. The zero-order valence-corrected chi connectivity index (χ0v) is 10.4. The van der Waals surface area contributed by atoms with E-state index in [1.165, 1.54) is 0 Å². The maximum absolute atomic E-state index is 11.5. The molecule has 0 aliphatic rings. The molecular formula is C13H20N2O2. The van der Waals surface area contributed by atoms with Gasteiger partial charge in [0.1, 0.15) is 0 Å². The fraction of sp³-hybridized carbons (Fsp3) is 0.462. The van der Waals surface area contributed by atoms with E-state index in [-0.39, 0.29) is 18.7 Å². The Hall–Kier alpha value is -1.55. The van der Waals surface area contributed by atoms with Crippen LogP contribution in [0.25, 0.3) is 0 Å². The van der Waals surface area contributed by atoms with Crippen molar-refractivity contribution in [3.8, 4) is 0 Å². The van der Waals surface area contributed by atoms with Crippen molar-refractivity contribution in [2.75, 3.05) is 11.9 Å². The molecule has 0 aromatic heterocycles. The third-order valence-electron chi connectivity index (χ3n) is 2.23. The third kappa shape index (κ3) is 5.36. The zero-order valence-electron chi connectivity index (χ0n) is 10.4. The van der Waals surface area contributed by atoms with E-state index in [1.54, 1.807) is 0 Å². The molecule has 0 saturated carbocycles. The first-order chi connectivity index (χ1) is 8.11. The van der Waals surface area contributed by atoms with E-state index >= 15 is 0 Å². The molecule has 3 N–H and O–H groups in total. The smallest absolute Gasteiger partial charge is 0.319 e. The molecule has 0 radical (unpaired) electrons. The summed E-state index contributed by atoms with van der Waals surface area (Å²) >= 11 is 0. The van der Waals surface area contributed by atoms with Gasteiger partial charge in [-0.2, -0.15) is 0 Å². The van der Waals surface area contributed by atoms with Gasteiger partial charge in [-0.25, -0.2) is 4.79 Å². The topological polar surface area (TPSA) is 61.4 Å². The van der Waals surface area contributed by atoms with Gasteiger partial charge in [0.15, 0.2) is 0 Å². The fourth-order valence-electron chi connectivity index (χ4n) is 1.52. The summed E-state index contributed by atoms with van der Waals surface area (Å²) in [6, 6.07) is 7.59. The number of hydrogen-bond donors (Lipinski definition) is 3. The number of urea groups is 1. The molecule has 1 aromatic rings. The Morgan fingerprint density at radius 3 is 2.82 bits per heavy atom. The number of benzene rings is 1. The molecule has 2 amide bonds. The molecule has 0 heterocycles. The molecule has 0 atom stereocenters. The highest BCUT2D eigenvalue weighted by Gasteiger charge is 2.03. The summed E-state index contributed by atoms with van der Waals surface area (Å²) < 4.78 is 0. The van der Waals surface area contributed by atoms with Gasteiger partial charge >= 0.3 is 6.03 Å². The highest BCUT2D eigenvalue weighted by Crippen LogP contribution is 2.12. The van der Waals surface area contributed by atoms with Crippen molar-refractivity contribution in [1.82, 2.24) is 5.32 Å². The summed E-state index contributed by atoms with van der Waals surface area (Å²) in [6.45, 7) is 4.01. The van der Waals surface area contributed by atoms with Crippen LogP contribution in [0, 0.1) is 0 Å². The maximum Gasteiger partial charge on any atom is 0.319 e. The van der Waals surface area contributed by atoms with Gasteiger partial charge in [-0.3, -0.25) is 0 Å². The van der Waals surface area contributed by atoms with Crippen LogP contribution < -0.4 is 10.6 Å². The Labute approximate surface area is 102 Å². The number of rotatable bonds is 5. The van der Waals surface area contributed by atoms with Gasteiger partial charge in [-0.1, -0.05) is 12.1 Å². The summed E-state index contributed by atoms with van der Waals surface area (Å²) in [5, 5.41) is 14.3. The lowest BCUT2D eigenvalue weighted by Gasteiger charge is -2.10. The number of aryl methyl sites for hydroxylation is 1. The Bertz CT molecular complexity index is 364. The Morgan fingerprint density at radius 1 is 1.41 bits per heavy atom. The minimum Gasteiger partial charge on any atom is -0.396 e. The normalized spacial score (nSPS) is 10.4. The highest BCUT2D eigenvalue weighted by atomic mass is 16.2. The lowest BCUT2D eigenvalue weighted by atomic mass is 10.1. The van der Waals surface area contributed by atoms with Crippen molar-refractivity contribution in [1.29, 1.82) is 0 Å². The average molecular weight is 236 g/mol. The number of nitrogens with one attached hydrogen (secondary N) is 2. The molecular weight excluding hydrogens is 216 g/mol. The molecule has 0 unspecified atom stereocenters. The quantitative estimate of drug-likeness (QED) is 0.733. The van der Waals surface area contributed by atoms with Crippen molar-refractivity contribution in [3.05, 3.63) is 29.8 Å². The number of hydrogen-bond acceptors (Lipinski definition) is 2. The van der Waals surface area contributed by atoms with Gasteiger partial charge < -0.3 is 15.7 Å². The van der Waals surface area contributed by atoms with Crippen LogP contribution in [0.1, 0.15) is 25.8 Å². The van der Waals surface area contributed by atoms with E-state index in [9.17, 15) is 4.79 Å². The Balaban J connectivity index is 2.56. The molecule has 1 rings (SSSR count). The first-order valence-electron chi connectivity index (χ1n) is 5.89. The number of carbonyl (C=O) groups is 1. The van der Waals surface area contributed by atoms with Gasteiger partial charge in [0.25, 0.3) is 0 Å². The van der Waals surface area contributed by atoms with Crippen LogP contribution in [0.3, 0.4) is 0 Å². The van der Waals surface area contributed by atoms with Crippen molar-refractivity contribution < 1.29 is 9.90 Å². The largest absolute Gasteiger partial charge is 0.396 e. The standard InChI is InChI=1S/C13H20N2O2/c1-10(2)14-13(17)15-12-7-3-5-11(9-12)6-4-8-16/h3,5,7,9-10,16H,4,6,8H2,1-2H3,(H2,14,15,17). The van der Waals surface area contributed by atoms with Gasteiger partial charge in [0.2, 0.25) is 0 Å². The van der Waals surface area contributed by atoms with Crippen molar-refractivity contribution in [3.63, 3.8) is 0 Å². The first kappa shape index (κ1) is 13.5. The maximum atomic E-state index is 11.5. The predicted octanol–water partition coefficient (Wildman–Crippen LogP) is 2.14. The predicted molar refractivity (Wildman–Crippen MR) is 69.1 cm³/mol. The Kier molecular flexibility index (Phi) is 5.49. The lowest BCUT2D eigenvalue weighted by Crippen LogP contribution is -2.34. The van der Waals surface area contributed by atoms with E-state index in [0.717, 1.165) is 24.1 Å². The second-order valence-electron chi connectivity index (χ2n) is 4.28. The van der Waals surface area contributed by atoms with Gasteiger partial charge in [0, 0.05) is 18.3 Å². The average Bonchev–Trinajstić information content (AvgIpc) is 2.25. The SMILES string of the molecule is CC(C)NC(=O)Nc1cccc(CCCO)c1. The molecule has 1 aromatic carbocycles. The lowest BCUT2D eigenvalue weighted by molar-refractivity contribution is 0.250. The fourth-order valence-corrected chi connectivity index (χ4v) is 1.52. The first-order valence-corrected chi connectivity index (χ1v) is 5.89. The van der Waals surface area contributed by atoms with Crippen LogP contribution in [0.15, 0.2) is 24.3 Å². The summed E-state index contributed by atoms with van der Waals surface area (Å²) in [5.74, 6) is 0. The number of carbonyl (C=O) groups excluding carboxylic acids is 1. The van der Waals surface area contributed by atoms with Crippen LogP contribution in [-0.2, 0) is 6.42 Å². The van der Waals surface area contributed by atoms with Gasteiger partial charge in [-0.15, -0.1) is 0 Å². The summed E-state index contributed by atoms with van der Waals surface area (Å²) in [6.07, 6.45) is 1.56. The second-order valence-corrected chi connectivity index (χ2v) is 4.28. The molecule has 0 fully saturated rings. The van der Waals surface area contributed by atoms with Gasteiger partial charge in [0.05, 0.1) is 0 Å². The van der Waals surface area contributed by atoms with E-state index in [4.69, 9.17) is 5.11 Å². The minimum atomic E-state index is -0.195. The van der Waals surface area contributed by atoms with Crippen LogP contribution >= 0.6 is 0 Å². The number of aliphatic hydroxyl groups is 1. The van der Waals surface area contributed by atoms with Crippen LogP contribution in [0.4, 0.5) is 10.5 Å². The summed E-state index contributed by atoms with van der Waals surface area (Å²) in [5.41, 5.74) is 1.89. The highest BCUT2D eigenvalue weighted by molar-refractivity contribution is 5.89. The molecule has 0 aliphatic carbocycles. The summed E-state index contributed by atoms with van der Waals surface area (Å²) in [7, 11) is 0. The van der Waals surface area contributed by atoms with Gasteiger partial charge in [-0.05, 0) is 44.4 Å². The summed E-state index contributed by atoms with van der Waals surface area (Å²) in [4.78, 5) is 11.5. The van der Waals surface area contributed by atoms with Crippen LogP contribution in [-0.4, -0.2) is 23.8 Å². The molecule has 0 bridgehead atoms. The Morgan fingerprint density at radius 2 is 2.18 bits per heavy atom. The second kappa shape index (κ2) is 6.91. The van der Waals surface area contributed by atoms with E-state index in [1.807, 2.05) is 38.1 Å². The molecule has 17 heavy (non-hydrogen) atoms. The van der Waals surface area contributed by atoms with Crippen LogP contribution in [0.2, 0.25) is 0 Å². The van der Waals surface area contributed by atoms with E-state index in [0.29, 0.717) is 0 Å². The van der Waals surface area contributed by atoms with E-state index < -0.39 is 0 Å². The van der Waals surface area contributed by atoms with Crippen molar-refractivity contribution in [2.45, 2.75) is 32.7 Å². The molecule has 4 nitrogen and oxygen atoms in total. The molecule has 0 spiro atoms. The monoisotopic (exact) mass is 236 g/mol. The minimum absolute atomic E-state index is 0.118. The molecule has 94 valence electrons. The zero-order chi connectivity index (χ0) is 12.7. The van der Waals surface area contributed by atoms with Crippen molar-refractivity contribution in [2.24, 2.45) is 0 Å². The third-order valence-corrected chi connectivity index (χ3v) is 2.23. The number of aliphatic hydroxyl groups excluding tert-OH is 1. The van der Waals surface area contributed by atoms with Crippen LogP contribution in [0.5, 0.6) is 0 Å².